The van der Waals surface area contributed by atoms with Gasteiger partial charge in [-0.25, -0.2) is 0 Å². The highest BCUT2D eigenvalue weighted by Crippen LogP contribution is 2.73. The minimum Gasteiger partial charge on any atom is -0.376 e. The standard InChI is InChI=1S/C20H22N2O2/c1-3-19-10-22(2)16-11-9-24-15(8-13(11)19)20(17(16)19)12-6-4-5-7-14(12)21-18(20)23/h3-7,11,13,15-17H,1,8-10H2,2H3,(H,21,23)/t11-,13?,15+,16+,17-,19-,20-/m0/s1. The number of amides is 1. The number of likely N-dealkylation sites (tertiary alicyclic amines) is 1. The van der Waals surface area contributed by atoms with Crippen LogP contribution in [-0.2, 0) is 14.9 Å². The van der Waals surface area contributed by atoms with Gasteiger partial charge in [-0.3, -0.25) is 4.79 Å². The van der Waals surface area contributed by atoms with Crippen molar-refractivity contribution in [1.82, 2.24) is 4.90 Å². The molecule has 3 heterocycles. The molecule has 2 saturated carbocycles. The number of nitrogens with one attached hydrogen (secondary N) is 1. The first kappa shape index (κ1) is 13.6. The molecule has 24 heavy (non-hydrogen) atoms. The molecule has 4 nitrogen and oxygen atoms in total. The van der Waals surface area contributed by atoms with Crippen LogP contribution in [0.3, 0.4) is 0 Å². The quantitative estimate of drug-likeness (QED) is 0.805. The van der Waals surface area contributed by atoms with Gasteiger partial charge in [0.05, 0.1) is 12.7 Å². The Morgan fingerprint density at radius 2 is 2.25 bits per heavy atom. The second-order valence-corrected chi connectivity index (χ2v) is 8.40. The number of carbonyl (C=O) groups excluding carboxylic acids is 1. The normalized spacial score (nSPS) is 50.4. The Labute approximate surface area is 141 Å². The van der Waals surface area contributed by atoms with Gasteiger partial charge in [0, 0.05) is 35.5 Å². The summed E-state index contributed by atoms with van der Waals surface area (Å²) < 4.78 is 6.34. The number of hydrogen-bond acceptors (Lipinski definition) is 3. The fraction of sp³-hybridized carbons (Fsp3) is 0.550. The topological polar surface area (TPSA) is 41.6 Å². The summed E-state index contributed by atoms with van der Waals surface area (Å²) in [5, 5.41) is 3.18. The van der Waals surface area contributed by atoms with E-state index in [1.165, 1.54) is 0 Å². The summed E-state index contributed by atoms with van der Waals surface area (Å²) in [4.78, 5) is 15.9. The predicted molar refractivity (Wildman–Crippen MR) is 90.6 cm³/mol. The number of hydrogen-bond donors (Lipinski definition) is 1. The number of nitrogens with zero attached hydrogens (tertiary/aromatic N) is 1. The van der Waals surface area contributed by atoms with E-state index in [0.717, 1.165) is 30.8 Å². The maximum Gasteiger partial charge on any atom is 0.238 e. The van der Waals surface area contributed by atoms with E-state index < -0.39 is 5.41 Å². The van der Waals surface area contributed by atoms with Crippen LogP contribution in [0.5, 0.6) is 0 Å². The molecule has 6 rings (SSSR count). The summed E-state index contributed by atoms with van der Waals surface area (Å²) in [6.45, 7) is 6.06. The van der Waals surface area contributed by atoms with E-state index >= 15 is 0 Å². The van der Waals surface area contributed by atoms with Gasteiger partial charge in [-0.2, -0.15) is 0 Å². The minimum absolute atomic E-state index is 0.00280. The summed E-state index contributed by atoms with van der Waals surface area (Å²) in [7, 11) is 2.21. The van der Waals surface area contributed by atoms with Gasteiger partial charge in [0.1, 0.15) is 5.41 Å². The Balaban J connectivity index is 1.69. The molecule has 1 N–H and O–H groups in total. The lowest BCUT2D eigenvalue weighted by atomic mass is 9.51. The highest BCUT2D eigenvalue weighted by molar-refractivity contribution is 6.07. The van der Waals surface area contributed by atoms with Crippen LogP contribution in [0.2, 0.25) is 0 Å². The molecule has 1 unspecified atom stereocenters. The first-order valence-electron chi connectivity index (χ1n) is 9.01. The molecule has 7 atom stereocenters. The number of piperidine rings is 1. The highest BCUT2D eigenvalue weighted by Gasteiger charge is 2.79. The van der Waals surface area contributed by atoms with E-state index in [2.05, 4.69) is 42.1 Å². The zero-order valence-electron chi connectivity index (χ0n) is 13.9. The molecule has 1 aromatic carbocycles. The molecule has 1 spiro atoms. The van der Waals surface area contributed by atoms with Crippen molar-refractivity contribution < 1.29 is 9.53 Å². The molecule has 2 saturated heterocycles. The third-order valence-electron chi connectivity index (χ3n) is 7.93. The van der Waals surface area contributed by atoms with E-state index in [1.54, 1.807) is 0 Å². The lowest BCUT2D eigenvalue weighted by molar-refractivity contribution is -0.153. The molecule has 124 valence electrons. The van der Waals surface area contributed by atoms with Crippen LogP contribution in [0.1, 0.15) is 12.0 Å². The first-order chi connectivity index (χ1) is 11.6. The molecule has 3 aliphatic heterocycles. The molecule has 5 bridgehead atoms. The van der Waals surface area contributed by atoms with Crippen molar-refractivity contribution in [2.45, 2.75) is 24.0 Å². The fourth-order valence-corrected chi connectivity index (χ4v) is 7.38. The first-order valence-corrected chi connectivity index (χ1v) is 9.01. The Morgan fingerprint density at radius 1 is 1.42 bits per heavy atom. The predicted octanol–water partition coefficient (Wildman–Crippen LogP) is 2.03. The summed E-state index contributed by atoms with van der Waals surface area (Å²) in [5.74, 6) is 1.56. The van der Waals surface area contributed by atoms with Crippen molar-refractivity contribution in [3.05, 3.63) is 42.5 Å². The monoisotopic (exact) mass is 322 g/mol. The summed E-state index contributed by atoms with van der Waals surface area (Å²) in [6.07, 6.45) is 3.17. The molecule has 2 aliphatic carbocycles. The van der Waals surface area contributed by atoms with Crippen LogP contribution < -0.4 is 5.32 Å². The third kappa shape index (κ3) is 1.12. The van der Waals surface area contributed by atoms with E-state index in [9.17, 15) is 4.79 Å². The van der Waals surface area contributed by atoms with Crippen molar-refractivity contribution in [3.63, 3.8) is 0 Å². The minimum atomic E-state index is -0.554. The van der Waals surface area contributed by atoms with Crippen LogP contribution in [-0.4, -0.2) is 43.2 Å². The largest absolute Gasteiger partial charge is 0.376 e. The summed E-state index contributed by atoms with van der Waals surface area (Å²) >= 11 is 0. The van der Waals surface area contributed by atoms with Gasteiger partial charge in [0.15, 0.2) is 0 Å². The number of para-hydroxylation sites is 1. The molecule has 4 fully saturated rings. The maximum atomic E-state index is 13.4. The molecule has 1 amide bonds. The third-order valence-corrected chi connectivity index (χ3v) is 7.93. The zero-order chi connectivity index (χ0) is 16.3. The molecule has 4 heteroatoms. The molecular formula is C20H22N2O2. The van der Waals surface area contributed by atoms with E-state index in [4.69, 9.17) is 4.74 Å². The van der Waals surface area contributed by atoms with E-state index in [0.29, 0.717) is 17.9 Å². The number of benzene rings is 1. The average Bonchev–Trinajstić information content (AvgIpc) is 3.08. The SMILES string of the molecule is C=C[C@@]12CN(C)[C@H]3[C@@H]1[C@@]1(C(=O)Nc4ccccc41)[C@H]1CC2[C@@H]3CO1. The zero-order valence-corrected chi connectivity index (χ0v) is 13.9. The number of rotatable bonds is 1. The second-order valence-electron chi connectivity index (χ2n) is 8.40. The maximum absolute atomic E-state index is 13.4. The van der Waals surface area contributed by atoms with Crippen LogP contribution in [0, 0.1) is 23.2 Å². The Kier molecular flexibility index (Phi) is 2.24. The number of ether oxygens (including phenoxy) is 1. The summed E-state index contributed by atoms with van der Waals surface area (Å²) in [6, 6.07) is 8.64. The Bertz CT molecular complexity index is 792. The van der Waals surface area contributed by atoms with Crippen molar-refractivity contribution in [3.8, 4) is 0 Å². The lowest BCUT2D eigenvalue weighted by Crippen LogP contribution is -2.62. The molecular weight excluding hydrogens is 300 g/mol. The lowest BCUT2D eigenvalue weighted by Gasteiger charge is -2.54. The van der Waals surface area contributed by atoms with Gasteiger partial charge >= 0.3 is 0 Å². The van der Waals surface area contributed by atoms with Crippen LogP contribution in [0.4, 0.5) is 5.69 Å². The van der Waals surface area contributed by atoms with Crippen molar-refractivity contribution in [2.24, 2.45) is 23.2 Å². The Morgan fingerprint density at radius 3 is 3.08 bits per heavy atom. The average molecular weight is 322 g/mol. The van der Waals surface area contributed by atoms with Gasteiger partial charge in [-0.15, -0.1) is 6.58 Å². The van der Waals surface area contributed by atoms with E-state index in [-0.39, 0.29) is 23.3 Å². The molecule has 0 aromatic heterocycles. The molecule has 0 radical (unpaired) electrons. The van der Waals surface area contributed by atoms with Gasteiger partial charge in [-0.05, 0) is 31.0 Å². The Hall–Kier alpha value is -1.65. The molecule has 5 aliphatic rings. The van der Waals surface area contributed by atoms with Gasteiger partial charge in [0.2, 0.25) is 5.91 Å². The second kappa shape index (κ2) is 3.94. The smallest absolute Gasteiger partial charge is 0.238 e. The van der Waals surface area contributed by atoms with Crippen LogP contribution in [0.25, 0.3) is 0 Å². The van der Waals surface area contributed by atoms with Gasteiger partial charge in [-0.1, -0.05) is 24.3 Å². The summed E-state index contributed by atoms with van der Waals surface area (Å²) in [5.41, 5.74) is 1.61. The van der Waals surface area contributed by atoms with Crippen molar-refractivity contribution >= 4 is 11.6 Å². The van der Waals surface area contributed by atoms with Gasteiger partial charge in [0.25, 0.3) is 0 Å². The number of anilines is 1. The van der Waals surface area contributed by atoms with Gasteiger partial charge < -0.3 is 15.0 Å². The fourth-order valence-electron chi connectivity index (χ4n) is 7.38. The molecule has 1 aromatic rings. The highest BCUT2D eigenvalue weighted by atomic mass is 16.5. The number of fused-ring (bicyclic) bond motifs is 5. The number of carbonyl (C=O) groups is 1. The van der Waals surface area contributed by atoms with E-state index in [1.807, 2.05) is 12.1 Å². The van der Waals surface area contributed by atoms with Crippen LogP contribution in [0.15, 0.2) is 36.9 Å². The van der Waals surface area contributed by atoms with Crippen molar-refractivity contribution in [2.75, 3.05) is 25.5 Å². The van der Waals surface area contributed by atoms with Crippen molar-refractivity contribution in [1.29, 1.82) is 0 Å². The van der Waals surface area contributed by atoms with Crippen LogP contribution >= 0.6 is 0 Å².